The maximum absolute atomic E-state index is 12.1. The van der Waals surface area contributed by atoms with Crippen LogP contribution in [-0.2, 0) is 0 Å². The first kappa shape index (κ1) is 12.1. The van der Waals surface area contributed by atoms with Crippen LogP contribution in [0.15, 0.2) is 34.4 Å². The number of rotatable bonds is 3. The minimum absolute atomic E-state index is 0.249. The summed E-state index contributed by atoms with van der Waals surface area (Å²) in [5, 5.41) is 5.79. The van der Waals surface area contributed by atoms with Gasteiger partial charge in [-0.2, -0.15) is 0 Å². The molecule has 0 aromatic carbocycles. The first-order valence-corrected chi connectivity index (χ1v) is 7.16. The van der Waals surface area contributed by atoms with E-state index >= 15 is 0 Å². The van der Waals surface area contributed by atoms with Crippen LogP contribution < -0.4 is 5.32 Å². The lowest BCUT2D eigenvalue weighted by molar-refractivity contribution is 0.102. The van der Waals surface area contributed by atoms with Gasteiger partial charge in [-0.1, -0.05) is 0 Å². The molecule has 0 saturated carbocycles. The molecular formula is C12H9N3O2S2. The summed E-state index contributed by atoms with van der Waals surface area (Å²) in [7, 11) is 0. The van der Waals surface area contributed by atoms with Gasteiger partial charge in [-0.3, -0.25) is 10.1 Å². The molecule has 1 amide bonds. The number of carbonyl (C=O) groups excluding carboxylic acids is 1. The van der Waals surface area contributed by atoms with Crippen molar-refractivity contribution in [3.8, 4) is 10.8 Å². The van der Waals surface area contributed by atoms with Crippen LogP contribution in [0.3, 0.4) is 0 Å². The van der Waals surface area contributed by atoms with E-state index in [2.05, 4.69) is 15.3 Å². The molecule has 3 aromatic rings. The summed E-state index contributed by atoms with van der Waals surface area (Å²) in [6.45, 7) is 1.86. The molecule has 0 bridgehead atoms. The molecule has 0 unspecified atom stereocenters. The van der Waals surface area contributed by atoms with Crippen LogP contribution in [0.2, 0.25) is 0 Å². The van der Waals surface area contributed by atoms with Crippen molar-refractivity contribution in [2.75, 3.05) is 5.32 Å². The van der Waals surface area contributed by atoms with Gasteiger partial charge in [0.1, 0.15) is 5.69 Å². The Morgan fingerprint density at radius 1 is 1.47 bits per heavy atom. The molecular weight excluding hydrogens is 282 g/mol. The van der Waals surface area contributed by atoms with Crippen LogP contribution in [0, 0.1) is 6.92 Å². The fraction of sp³-hybridized carbons (Fsp3) is 0.0833. The molecule has 19 heavy (non-hydrogen) atoms. The van der Waals surface area contributed by atoms with Crippen LogP contribution in [0.25, 0.3) is 10.8 Å². The fourth-order valence-electron chi connectivity index (χ4n) is 1.55. The number of aryl methyl sites for hydroxylation is 1. The van der Waals surface area contributed by atoms with E-state index in [4.69, 9.17) is 4.42 Å². The van der Waals surface area contributed by atoms with Gasteiger partial charge in [-0.05, 0) is 19.1 Å². The zero-order chi connectivity index (χ0) is 13.2. The van der Waals surface area contributed by atoms with Gasteiger partial charge in [0.25, 0.3) is 5.91 Å². The molecule has 0 aliphatic heterocycles. The SMILES string of the molecule is Cc1sc(-c2ccco2)nc1C(=O)Nc1nccs1. The van der Waals surface area contributed by atoms with Crippen molar-refractivity contribution in [1.82, 2.24) is 9.97 Å². The minimum Gasteiger partial charge on any atom is -0.462 e. The second-order valence-electron chi connectivity index (χ2n) is 3.69. The Bertz CT molecular complexity index is 687. The highest BCUT2D eigenvalue weighted by Gasteiger charge is 2.18. The topological polar surface area (TPSA) is 68.0 Å². The van der Waals surface area contributed by atoms with Gasteiger partial charge in [0, 0.05) is 16.5 Å². The number of nitrogens with zero attached hydrogens (tertiary/aromatic N) is 2. The second kappa shape index (κ2) is 4.94. The molecule has 5 nitrogen and oxygen atoms in total. The highest BCUT2D eigenvalue weighted by Crippen LogP contribution is 2.28. The Morgan fingerprint density at radius 3 is 3.05 bits per heavy atom. The number of hydrogen-bond acceptors (Lipinski definition) is 6. The van der Waals surface area contributed by atoms with Gasteiger partial charge in [-0.15, -0.1) is 22.7 Å². The van der Waals surface area contributed by atoms with Crippen molar-refractivity contribution in [3.63, 3.8) is 0 Å². The van der Waals surface area contributed by atoms with Crippen LogP contribution >= 0.6 is 22.7 Å². The van der Waals surface area contributed by atoms with E-state index in [1.165, 1.54) is 22.7 Å². The van der Waals surface area contributed by atoms with Gasteiger partial charge in [0.15, 0.2) is 15.9 Å². The van der Waals surface area contributed by atoms with Crippen LogP contribution in [-0.4, -0.2) is 15.9 Å². The van der Waals surface area contributed by atoms with Crippen LogP contribution in [0.1, 0.15) is 15.4 Å². The third-order valence-electron chi connectivity index (χ3n) is 2.40. The maximum atomic E-state index is 12.1. The number of anilines is 1. The van der Waals surface area contributed by atoms with Crippen LogP contribution in [0.4, 0.5) is 5.13 Å². The van der Waals surface area contributed by atoms with Gasteiger partial charge in [0.2, 0.25) is 0 Å². The minimum atomic E-state index is -0.249. The number of thiazole rings is 2. The molecule has 0 aliphatic rings. The van der Waals surface area contributed by atoms with Gasteiger partial charge < -0.3 is 4.42 Å². The smallest absolute Gasteiger partial charge is 0.277 e. The molecule has 3 aromatic heterocycles. The Labute approximate surface area is 117 Å². The zero-order valence-corrected chi connectivity index (χ0v) is 11.5. The summed E-state index contributed by atoms with van der Waals surface area (Å²) >= 11 is 2.80. The van der Waals surface area contributed by atoms with Crippen molar-refractivity contribution >= 4 is 33.7 Å². The lowest BCUT2D eigenvalue weighted by Gasteiger charge is -1.98. The fourth-order valence-corrected chi connectivity index (χ4v) is 2.96. The molecule has 1 N–H and O–H groups in total. The van der Waals surface area contributed by atoms with Crippen LogP contribution in [0.5, 0.6) is 0 Å². The molecule has 3 rings (SSSR count). The average Bonchev–Trinajstić information content (AvgIpc) is 3.07. The summed E-state index contributed by atoms with van der Waals surface area (Å²) in [5.41, 5.74) is 0.409. The Kier molecular flexibility index (Phi) is 3.14. The van der Waals surface area contributed by atoms with E-state index in [1.54, 1.807) is 23.9 Å². The quantitative estimate of drug-likeness (QED) is 0.803. The molecule has 0 fully saturated rings. The summed E-state index contributed by atoms with van der Waals surface area (Å²) in [4.78, 5) is 21.3. The number of carbonyl (C=O) groups is 1. The van der Waals surface area contributed by atoms with E-state index in [1.807, 2.05) is 13.0 Å². The average molecular weight is 291 g/mol. The van der Waals surface area contributed by atoms with Crippen molar-refractivity contribution in [2.45, 2.75) is 6.92 Å². The molecule has 0 radical (unpaired) electrons. The lowest BCUT2D eigenvalue weighted by atomic mass is 10.3. The number of aromatic nitrogens is 2. The first-order valence-electron chi connectivity index (χ1n) is 5.46. The zero-order valence-electron chi connectivity index (χ0n) is 9.91. The molecule has 0 aliphatic carbocycles. The van der Waals surface area contributed by atoms with E-state index in [9.17, 15) is 4.79 Å². The van der Waals surface area contributed by atoms with Crippen molar-refractivity contribution in [2.24, 2.45) is 0 Å². The first-order chi connectivity index (χ1) is 9.24. The van der Waals surface area contributed by atoms with Gasteiger partial charge in [0.05, 0.1) is 6.26 Å². The van der Waals surface area contributed by atoms with E-state index in [0.29, 0.717) is 21.6 Å². The predicted molar refractivity (Wildman–Crippen MR) is 74.6 cm³/mol. The number of furan rings is 1. The van der Waals surface area contributed by atoms with Crippen molar-refractivity contribution < 1.29 is 9.21 Å². The summed E-state index contributed by atoms with van der Waals surface area (Å²) in [6.07, 6.45) is 3.23. The third kappa shape index (κ3) is 2.42. The summed E-state index contributed by atoms with van der Waals surface area (Å²) < 4.78 is 5.28. The molecule has 7 heteroatoms. The highest BCUT2D eigenvalue weighted by atomic mass is 32.1. The highest BCUT2D eigenvalue weighted by molar-refractivity contribution is 7.15. The third-order valence-corrected chi connectivity index (χ3v) is 4.07. The van der Waals surface area contributed by atoms with Crippen molar-refractivity contribution in [1.29, 1.82) is 0 Å². The molecule has 0 spiro atoms. The number of hydrogen-bond donors (Lipinski definition) is 1. The predicted octanol–water partition coefficient (Wildman–Crippen LogP) is 3.42. The lowest BCUT2D eigenvalue weighted by Crippen LogP contribution is -2.13. The van der Waals surface area contributed by atoms with E-state index < -0.39 is 0 Å². The maximum Gasteiger partial charge on any atom is 0.277 e. The summed E-state index contributed by atoms with van der Waals surface area (Å²) in [6, 6.07) is 3.61. The van der Waals surface area contributed by atoms with E-state index in [-0.39, 0.29) is 5.91 Å². The normalized spacial score (nSPS) is 10.6. The van der Waals surface area contributed by atoms with Gasteiger partial charge >= 0.3 is 0 Å². The number of nitrogens with one attached hydrogen (secondary N) is 1. The molecule has 96 valence electrons. The Balaban J connectivity index is 1.87. The molecule has 3 heterocycles. The Hall–Kier alpha value is -1.99. The second-order valence-corrected chi connectivity index (χ2v) is 5.79. The monoisotopic (exact) mass is 291 g/mol. The standard InChI is InChI=1S/C12H9N3O2S2/c1-7-9(10(16)15-12-13-4-6-18-12)14-11(19-7)8-3-2-5-17-8/h2-6H,1H3,(H,13,15,16). The largest absolute Gasteiger partial charge is 0.462 e. The van der Waals surface area contributed by atoms with Gasteiger partial charge in [-0.25, -0.2) is 9.97 Å². The van der Waals surface area contributed by atoms with Crippen molar-refractivity contribution in [3.05, 3.63) is 40.5 Å². The molecule has 0 atom stereocenters. The Morgan fingerprint density at radius 2 is 2.37 bits per heavy atom. The number of amides is 1. The molecule has 0 saturated heterocycles. The van der Waals surface area contributed by atoms with E-state index in [0.717, 1.165) is 4.88 Å². The summed E-state index contributed by atoms with van der Waals surface area (Å²) in [5.74, 6) is 0.419.